The third-order valence-corrected chi connectivity index (χ3v) is 4.37. The molecule has 6 heteroatoms. The molecule has 1 aliphatic rings. The van der Waals surface area contributed by atoms with Crippen molar-refractivity contribution in [1.82, 2.24) is 10.6 Å². The zero-order valence-corrected chi connectivity index (χ0v) is 13.6. The van der Waals surface area contributed by atoms with E-state index in [2.05, 4.69) is 10.6 Å². The molecule has 3 nitrogen and oxygen atoms in total. The second-order valence-electron chi connectivity index (χ2n) is 5.74. The number of carbonyl (C=O) groups is 1. The van der Waals surface area contributed by atoms with Gasteiger partial charge >= 0.3 is 0 Å². The van der Waals surface area contributed by atoms with Gasteiger partial charge in [-0.05, 0) is 30.5 Å². The minimum Gasteiger partial charge on any atom is -0.352 e. The Morgan fingerprint density at radius 3 is 2.76 bits per heavy atom. The van der Waals surface area contributed by atoms with Crippen molar-refractivity contribution in [2.75, 3.05) is 19.6 Å². The van der Waals surface area contributed by atoms with Gasteiger partial charge in [0.15, 0.2) is 0 Å². The number of carbonyl (C=O) groups excluding carboxylic acids is 1. The summed E-state index contributed by atoms with van der Waals surface area (Å²) in [6, 6.07) is 1.12. The zero-order valence-electron chi connectivity index (χ0n) is 12.1. The summed E-state index contributed by atoms with van der Waals surface area (Å²) in [5.74, 6) is -0.616. The Kier molecular flexibility index (Phi) is 5.47. The molecule has 1 aromatic carbocycles. The highest BCUT2D eigenvalue weighted by atomic mass is 35.5. The van der Waals surface area contributed by atoms with Crippen LogP contribution in [-0.4, -0.2) is 25.5 Å². The van der Waals surface area contributed by atoms with E-state index in [-0.39, 0.29) is 27.4 Å². The number of nitrogens with one attached hydrogen (secondary N) is 2. The van der Waals surface area contributed by atoms with E-state index in [1.165, 1.54) is 0 Å². The van der Waals surface area contributed by atoms with Crippen molar-refractivity contribution in [1.29, 1.82) is 0 Å². The average Bonchev–Trinajstić information content (AvgIpc) is 2.94. The van der Waals surface area contributed by atoms with Crippen LogP contribution in [-0.2, 0) is 0 Å². The first-order chi connectivity index (χ1) is 9.91. The van der Waals surface area contributed by atoms with Crippen LogP contribution in [0.2, 0.25) is 10.0 Å². The second-order valence-corrected chi connectivity index (χ2v) is 6.50. The predicted molar refractivity (Wildman–Crippen MR) is 83.8 cm³/mol. The molecule has 21 heavy (non-hydrogen) atoms. The van der Waals surface area contributed by atoms with Crippen molar-refractivity contribution in [3.05, 3.63) is 33.1 Å². The van der Waals surface area contributed by atoms with Crippen LogP contribution >= 0.6 is 23.2 Å². The number of rotatable bonds is 4. The van der Waals surface area contributed by atoms with Gasteiger partial charge in [-0.2, -0.15) is 0 Å². The third kappa shape index (κ3) is 3.68. The third-order valence-electron chi connectivity index (χ3n) is 3.57. The Balaban J connectivity index is 2.36. The summed E-state index contributed by atoms with van der Waals surface area (Å²) in [7, 11) is 0. The summed E-state index contributed by atoms with van der Waals surface area (Å²) in [5.41, 5.74) is 0.694. The molecule has 2 rings (SSSR count). The van der Waals surface area contributed by atoms with Crippen LogP contribution in [0.5, 0.6) is 0 Å². The summed E-state index contributed by atoms with van der Waals surface area (Å²) in [5, 5.41) is 6.23. The molecule has 0 aromatic heterocycles. The Bertz CT molecular complexity index is 543. The van der Waals surface area contributed by atoms with Crippen molar-refractivity contribution in [3.8, 4) is 0 Å². The largest absolute Gasteiger partial charge is 0.352 e. The molecule has 1 heterocycles. The summed E-state index contributed by atoms with van der Waals surface area (Å²) >= 11 is 12.4. The van der Waals surface area contributed by atoms with Gasteiger partial charge in [0.2, 0.25) is 0 Å². The van der Waals surface area contributed by atoms with Crippen molar-refractivity contribution >= 4 is 29.1 Å². The fraction of sp³-hybridized carbons (Fsp3) is 0.533. The molecule has 1 saturated heterocycles. The molecule has 0 bridgehead atoms. The average molecular weight is 333 g/mol. The number of benzene rings is 1. The van der Waals surface area contributed by atoms with Crippen LogP contribution in [0.4, 0.5) is 4.39 Å². The van der Waals surface area contributed by atoms with E-state index in [1.54, 1.807) is 0 Å². The molecule has 1 fully saturated rings. The first-order valence-corrected chi connectivity index (χ1v) is 7.83. The van der Waals surface area contributed by atoms with Crippen molar-refractivity contribution < 1.29 is 9.18 Å². The summed E-state index contributed by atoms with van der Waals surface area (Å²) in [4.78, 5) is 12.2. The molecule has 2 N–H and O–H groups in total. The molecule has 1 aromatic rings. The smallest absolute Gasteiger partial charge is 0.252 e. The van der Waals surface area contributed by atoms with Crippen molar-refractivity contribution in [2.45, 2.75) is 26.2 Å². The predicted octanol–water partition coefficient (Wildman–Crippen LogP) is 3.60. The topological polar surface area (TPSA) is 41.1 Å². The van der Waals surface area contributed by atoms with Crippen LogP contribution in [0.15, 0.2) is 6.07 Å². The molecule has 1 atom stereocenters. The molecular weight excluding hydrogens is 314 g/mol. The van der Waals surface area contributed by atoms with Crippen LogP contribution in [0, 0.1) is 11.7 Å². The first-order valence-electron chi connectivity index (χ1n) is 7.08. The number of halogens is 3. The molecule has 0 radical (unpaired) electrons. The lowest BCUT2D eigenvalue weighted by Crippen LogP contribution is -2.28. The van der Waals surface area contributed by atoms with E-state index < -0.39 is 5.82 Å². The Labute approximate surface area is 134 Å². The lowest BCUT2D eigenvalue weighted by molar-refractivity contribution is 0.0948. The van der Waals surface area contributed by atoms with Crippen molar-refractivity contribution in [3.63, 3.8) is 0 Å². The van der Waals surface area contributed by atoms with Gasteiger partial charge in [-0.25, -0.2) is 4.39 Å². The van der Waals surface area contributed by atoms with Gasteiger partial charge in [0, 0.05) is 19.0 Å². The Hall–Kier alpha value is -0.840. The fourth-order valence-electron chi connectivity index (χ4n) is 2.44. The fourth-order valence-corrected chi connectivity index (χ4v) is 3.18. The van der Waals surface area contributed by atoms with Gasteiger partial charge in [-0.3, -0.25) is 4.79 Å². The van der Waals surface area contributed by atoms with Gasteiger partial charge in [0.25, 0.3) is 5.91 Å². The maximum absolute atomic E-state index is 14.0. The number of hydrogen-bond donors (Lipinski definition) is 2. The van der Waals surface area contributed by atoms with Crippen LogP contribution in [0.3, 0.4) is 0 Å². The SMILES string of the molecule is CC(C)CNC(=O)c1cc(F)c(Cl)c(C2CCNC2)c1Cl. The normalized spacial score (nSPS) is 18.3. The molecule has 1 amide bonds. The lowest BCUT2D eigenvalue weighted by Gasteiger charge is -2.17. The minimum absolute atomic E-state index is 0.0223. The van der Waals surface area contributed by atoms with E-state index in [4.69, 9.17) is 23.2 Å². The highest BCUT2D eigenvalue weighted by Crippen LogP contribution is 2.38. The molecule has 1 unspecified atom stereocenters. The molecule has 1 aliphatic heterocycles. The zero-order chi connectivity index (χ0) is 15.6. The number of amides is 1. The van der Waals surface area contributed by atoms with E-state index >= 15 is 0 Å². The van der Waals surface area contributed by atoms with Crippen LogP contribution in [0.1, 0.15) is 42.1 Å². The van der Waals surface area contributed by atoms with Crippen LogP contribution < -0.4 is 10.6 Å². The Morgan fingerprint density at radius 2 is 2.19 bits per heavy atom. The van der Waals surface area contributed by atoms with Gasteiger partial charge in [-0.15, -0.1) is 0 Å². The quantitative estimate of drug-likeness (QED) is 0.827. The molecule has 0 spiro atoms. The van der Waals surface area contributed by atoms with E-state index in [9.17, 15) is 9.18 Å². The molecule has 116 valence electrons. The number of hydrogen-bond acceptors (Lipinski definition) is 2. The second kappa shape index (κ2) is 6.95. The summed E-state index contributed by atoms with van der Waals surface area (Å²) < 4.78 is 14.0. The highest BCUT2D eigenvalue weighted by Gasteiger charge is 2.27. The standard InChI is InChI=1S/C15H19Cl2FN2O/c1-8(2)6-20-15(21)10-5-11(18)14(17)12(13(10)16)9-3-4-19-7-9/h5,8-9,19H,3-4,6-7H2,1-2H3,(H,20,21). The molecule has 0 saturated carbocycles. The van der Waals surface area contributed by atoms with E-state index in [0.29, 0.717) is 24.6 Å². The molecule has 0 aliphatic carbocycles. The van der Waals surface area contributed by atoms with E-state index in [0.717, 1.165) is 19.0 Å². The lowest BCUT2D eigenvalue weighted by atomic mass is 9.95. The van der Waals surface area contributed by atoms with Gasteiger partial charge in [-0.1, -0.05) is 37.0 Å². The maximum atomic E-state index is 14.0. The summed E-state index contributed by atoms with van der Waals surface area (Å²) in [6.07, 6.45) is 0.829. The van der Waals surface area contributed by atoms with Crippen molar-refractivity contribution in [2.24, 2.45) is 5.92 Å². The maximum Gasteiger partial charge on any atom is 0.252 e. The first kappa shape index (κ1) is 16.5. The van der Waals surface area contributed by atoms with Gasteiger partial charge in [0.05, 0.1) is 15.6 Å². The summed E-state index contributed by atoms with van der Waals surface area (Å²) in [6.45, 7) is 6.01. The van der Waals surface area contributed by atoms with Crippen LogP contribution in [0.25, 0.3) is 0 Å². The minimum atomic E-state index is -0.599. The molecular formula is C15H19Cl2FN2O. The van der Waals surface area contributed by atoms with Gasteiger partial charge < -0.3 is 10.6 Å². The Morgan fingerprint density at radius 1 is 1.48 bits per heavy atom. The monoisotopic (exact) mass is 332 g/mol. The van der Waals surface area contributed by atoms with E-state index in [1.807, 2.05) is 13.8 Å². The van der Waals surface area contributed by atoms with Gasteiger partial charge in [0.1, 0.15) is 5.82 Å². The highest BCUT2D eigenvalue weighted by molar-refractivity contribution is 6.38.